The number of amides is 1. The van der Waals surface area contributed by atoms with Gasteiger partial charge in [0.1, 0.15) is 0 Å². The molecule has 1 aliphatic heterocycles. The molecule has 32 heavy (non-hydrogen) atoms. The fraction of sp³-hybridized carbons (Fsp3) is 0.296. The average molecular weight is 426 g/mol. The van der Waals surface area contributed by atoms with E-state index in [-0.39, 0.29) is 17.7 Å². The second-order valence-corrected chi connectivity index (χ2v) is 8.70. The summed E-state index contributed by atoms with van der Waals surface area (Å²) in [4.78, 5) is 34.7. The molecule has 1 amide bonds. The topological polar surface area (TPSA) is 53.5 Å². The van der Waals surface area contributed by atoms with Crippen LogP contribution in [0.5, 0.6) is 0 Å². The lowest BCUT2D eigenvalue weighted by atomic mass is 10.00. The van der Waals surface area contributed by atoms with Crippen molar-refractivity contribution in [2.45, 2.75) is 25.3 Å². The van der Waals surface area contributed by atoms with Crippen LogP contribution in [0, 0.1) is 0 Å². The van der Waals surface area contributed by atoms with Gasteiger partial charge in [-0.15, -0.1) is 0 Å². The van der Waals surface area contributed by atoms with E-state index >= 15 is 0 Å². The van der Waals surface area contributed by atoms with E-state index in [1.807, 2.05) is 66.7 Å². The van der Waals surface area contributed by atoms with Crippen molar-refractivity contribution in [3.05, 3.63) is 89.2 Å². The van der Waals surface area contributed by atoms with Crippen LogP contribution in [0.2, 0.25) is 0 Å². The maximum absolute atomic E-state index is 13.2. The highest BCUT2D eigenvalue weighted by Crippen LogP contribution is 2.37. The molecule has 5 heteroatoms. The highest BCUT2D eigenvalue weighted by atomic mass is 16.2. The van der Waals surface area contributed by atoms with Crippen molar-refractivity contribution in [1.82, 2.24) is 14.8 Å². The first-order valence-corrected chi connectivity index (χ1v) is 11.3. The number of likely N-dealkylation sites (tertiary alicyclic amines) is 1. The van der Waals surface area contributed by atoms with Crippen molar-refractivity contribution < 1.29 is 9.59 Å². The third-order valence-electron chi connectivity index (χ3n) is 6.81. The quantitative estimate of drug-likeness (QED) is 0.484. The molecular weight excluding hydrogens is 398 g/mol. The van der Waals surface area contributed by atoms with E-state index in [4.69, 9.17) is 0 Å². The number of fused-ring (bicyclic) bond motifs is 3. The lowest BCUT2D eigenvalue weighted by Crippen LogP contribution is -2.46. The summed E-state index contributed by atoms with van der Waals surface area (Å²) in [5, 5.41) is 0. The van der Waals surface area contributed by atoms with Gasteiger partial charge in [0, 0.05) is 67.7 Å². The number of aromatic nitrogens is 1. The Morgan fingerprint density at radius 2 is 1.69 bits per heavy atom. The number of piperidine rings is 1. The second kappa shape index (κ2) is 8.67. The normalized spacial score (nSPS) is 16.0. The van der Waals surface area contributed by atoms with Gasteiger partial charge in [0.25, 0.3) is 5.91 Å². The number of hydrogen-bond donors (Lipinski definition) is 0. The first-order valence-electron chi connectivity index (χ1n) is 11.3. The second-order valence-electron chi connectivity index (χ2n) is 8.70. The molecule has 0 bridgehead atoms. The number of benzene rings is 2. The Labute approximate surface area is 188 Å². The summed E-state index contributed by atoms with van der Waals surface area (Å²) in [5.41, 5.74) is 4.94. The van der Waals surface area contributed by atoms with E-state index in [0.29, 0.717) is 11.1 Å². The molecule has 0 saturated carbocycles. The van der Waals surface area contributed by atoms with E-state index in [1.165, 1.54) is 0 Å². The van der Waals surface area contributed by atoms with Gasteiger partial charge in [0.05, 0.1) is 0 Å². The molecule has 0 atom stereocenters. The minimum atomic E-state index is -0.0107. The number of carbonyl (C=O) groups is 2. The van der Waals surface area contributed by atoms with Crippen molar-refractivity contribution in [2.75, 3.05) is 26.7 Å². The Morgan fingerprint density at radius 3 is 2.44 bits per heavy atom. The Kier molecular flexibility index (Phi) is 5.58. The van der Waals surface area contributed by atoms with Gasteiger partial charge in [0.15, 0.2) is 5.78 Å². The predicted molar refractivity (Wildman–Crippen MR) is 125 cm³/mol. The monoisotopic (exact) mass is 425 g/mol. The van der Waals surface area contributed by atoms with Crippen LogP contribution < -0.4 is 0 Å². The summed E-state index contributed by atoms with van der Waals surface area (Å²) in [6.45, 7) is 2.95. The maximum Gasteiger partial charge on any atom is 0.253 e. The first-order chi connectivity index (χ1) is 15.6. The van der Waals surface area contributed by atoms with Gasteiger partial charge in [-0.05, 0) is 48.2 Å². The third-order valence-corrected chi connectivity index (χ3v) is 6.81. The van der Waals surface area contributed by atoms with Crippen molar-refractivity contribution >= 4 is 11.7 Å². The Morgan fingerprint density at radius 1 is 0.969 bits per heavy atom. The summed E-state index contributed by atoms with van der Waals surface area (Å²) in [7, 11) is 1.89. The molecule has 1 aromatic heterocycles. The molecule has 2 aliphatic rings. The summed E-state index contributed by atoms with van der Waals surface area (Å²) >= 11 is 0. The molecular formula is C27H27N3O2. The molecule has 1 aliphatic carbocycles. The first kappa shape index (κ1) is 20.6. The van der Waals surface area contributed by atoms with Gasteiger partial charge in [-0.1, -0.05) is 36.4 Å². The molecule has 2 heterocycles. The predicted octanol–water partition coefficient (Wildman–Crippen LogP) is 4.07. The number of carbonyl (C=O) groups excluding carboxylic acids is 2. The van der Waals surface area contributed by atoms with Crippen LogP contribution >= 0.6 is 0 Å². The number of hydrogen-bond acceptors (Lipinski definition) is 4. The average Bonchev–Trinajstić information content (AvgIpc) is 3.14. The van der Waals surface area contributed by atoms with E-state index in [1.54, 1.807) is 6.07 Å². The summed E-state index contributed by atoms with van der Waals surface area (Å²) < 4.78 is 0. The molecule has 3 aromatic rings. The van der Waals surface area contributed by atoms with E-state index in [9.17, 15) is 9.59 Å². The molecule has 5 nitrogen and oxygen atoms in total. The zero-order chi connectivity index (χ0) is 22.1. The molecule has 0 unspecified atom stereocenters. The minimum Gasteiger partial charge on any atom is -0.339 e. The number of ketones is 1. The highest BCUT2D eigenvalue weighted by Gasteiger charge is 2.29. The van der Waals surface area contributed by atoms with Crippen molar-refractivity contribution in [3.63, 3.8) is 0 Å². The van der Waals surface area contributed by atoms with Crippen molar-refractivity contribution in [2.24, 2.45) is 0 Å². The molecule has 0 spiro atoms. The molecule has 5 rings (SSSR count). The van der Waals surface area contributed by atoms with Crippen LogP contribution in [0.3, 0.4) is 0 Å². The fourth-order valence-electron chi connectivity index (χ4n) is 4.88. The Balaban J connectivity index is 1.21. The van der Waals surface area contributed by atoms with Crippen LogP contribution in [0.15, 0.2) is 66.9 Å². The van der Waals surface area contributed by atoms with Crippen LogP contribution in [0.1, 0.15) is 44.8 Å². The van der Waals surface area contributed by atoms with E-state index in [2.05, 4.69) is 16.0 Å². The number of pyridine rings is 1. The van der Waals surface area contributed by atoms with E-state index in [0.717, 1.165) is 61.3 Å². The molecule has 0 N–H and O–H groups in total. The van der Waals surface area contributed by atoms with Crippen molar-refractivity contribution in [1.29, 1.82) is 0 Å². The largest absolute Gasteiger partial charge is 0.339 e. The van der Waals surface area contributed by atoms with E-state index < -0.39 is 0 Å². The van der Waals surface area contributed by atoms with Crippen LogP contribution in [-0.2, 0) is 6.42 Å². The summed E-state index contributed by atoms with van der Waals surface area (Å²) in [6.07, 6.45) is 4.71. The zero-order valence-corrected chi connectivity index (χ0v) is 18.3. The lowest BCUT2D eigenvalue weighted by molar-refractivity contribution is 0.0643. The summed E-state index contributed by atoms with van der Waals surface area (Å²) in [5.74, 6) is -0.00221. The van der Waals surface area contributed by atoms with Gasteiger partial charge < -0.3 is 9.80 Å². The third kappa shape index (κ3) is 3.84. The maximum atomic E-state index is 13.2. The van der Waals surface area contributed by atoms with Gasteiger partial charge >= 0.3 is 0 Å². The molecule has 1 fully saturated rings. The molecule has 0 radical (unpaired) electrons. The minimum absolute atomic E-state index is 0.00844. The van der Waals surface area contributed by atoms with Gasteiger partial charge in [-0.25, -0.2) is 0 Å². The number of rotatable bonds is 5. The van der Waals surface area contributed by atoms with Crippen molar-refractivity contribution in [3.8, 4) is 11.1 Å². The molecule has 162 valence electrons. The SMILES string of the molecule is CN(C(=O)c1ccc2c(c1)C(=O)c1ccccc1-2)C1CCN(CCc2ccccn2)CC1. The molecule has 2 aromatic carbocycles. The lowest BCUT2D eigenvalue weighted by Gasteiger charge is -2.36. The standard InChI is InChI=1S/C27H27N3O2/c1-29(21-12-16-30(17-13-21)15-11-20-6-4-5-14-28-20)27(32)19-9-10-23-22-7-2-3-8-24(22)26(31)25(23)18-19/h2-10,14,18,21H,11-13,15-17H2,1H3. The number of nitrogens with zero attached hydrogens (tertiary/aromatic N) is 3. The van der Waals surface area contributed by atoms with Gasteiger partial charge in [-0.2, -0.15) is 0 Å². The van der Waals surface area contributed by atoms with Crippen LogP contribution in [0.4, 0.5) is 0 Å². The smallest absolute Gasteiger partial charge is 0.253 e. The Bertz CT molecular complexity index is 1150. The van der Waals surface area contributed by atoms with Crippen LogP contribution in [0.25, 0.3) is 11.1 Å². The summed E-state index contributed by atoms with van der Waals surface area (Å²) in [6, 6.07) is 19.4. The Hall–Kier alpha value is -3.31. The zero-order valence-electron chi connectivity index (χ0n) is 18.3. The fourth-order valence-corrected chi connectivity index (χ4v) is 4.88. The highest BCUT2D eigenvalue weighted by molar-refractivity contribution is 6.22. The van der Waals surface area contributed by atoms with Gasteiger partial charge in [0.2, 0.25) is 0 Å². The van der Waals surface area contributed by atoms with Crippen LogP contribution in [-0.4, -0.2) is 59.2 Å². The van der Waals surface area contributed by atoms with Gasteiger partial charge in [-0.3, -0.25) is 14.6 Å². The molecule has 1 saturated heterocycles.